The SMILES string of the molecule is O=c1c2[nH]ccc2nc(SC(F)F)n1-c1ccc(OCC(F)(F)F)cc1. The highest BCUT2D eigenvalue weighted by Gasteiger charge is 2.28. The molecule has 0 atom stereocenters. The summed E-state index contributed by atoms with van der Waals surface area (Å²) in [6.45, 7) is -1.46. The summed E-state index contributed by atoms with van der Waals surface area (Å²) >= 11 is 0.0947. The quantitative estimate of drug-likeness (QED) is 0.406. The van der Waals surface area contributed by atoms with Crippen LogP contribution in [-0.4, -0.2) is 33.1 Å². The standard InChI is InChI=1S/C15H10F5N3O2S/c16-13(17)26-14-22-10-5-6-21-11(10)12(24)23(14)8-1-3-9(4-2-8)25-7-15(18,19)20/h1-6,13,21H,7H2. The van der Waals surface area contributed by atoms with Crippen molar-refractivity contribution >= 4 is 22.8 Å². The fourth-order valence-corrected chi connectivity index (χ4v) is 2.82. The van der Waals surface area contributed by atoms with E-state index < -0.39 is 24.1 Å². The molecule has 0 aliphatic rings. The Hall–Kier alpha value is -2.56. The second-order valence-corrected chi connectivity index (χ2v) is 6.01. The molecular formula is C15H10F5N3O2S. The summed E-state index contributed by atoms with van der Waals surface area (Å²) in [5, 5.41) is -0.235. The first-order valence-corrected chi connectivity index (χ1v) is 7.97. The molecular weight excluding hydrogens is 381 g/mol. The Kier molecular flexibility index (Phi) is 4.90. The van der Waals surface area contributed by atoms with Crippen molar-refractivity contribution in [2.24, 2.45) is 0 Å². The van der Waals surface area contributed by atoms with Gasteiger partial charge in [0.2, 0.25) is 0 Å². The summed E-state index contributed by atoms with van der Waals surface area (Å²) < 4.78 is 67.7. The van der Waals surface area contributed by atoms with Crippen molar-refractivity contribution < 1.29 is 26.7 Å². The maximum atomic E-state index is 12.8. The molecule has 0 saturated heterocycles. The number of fused-ring (bicyclic) bond motifs is 1. The molecule has 0 saturated carbocycles. The lowest BCUT2D eigenvalue weighted by atomic mass is 10.3. The third kappa shape index (κ3) is 3.98. The number of hydrogen-bond donors (Lipinski definition) is 1. The van der Waals surface area contributed by atoms with Crippen LogP contribution in [0.25, 0.3) is 16.7 Å². The van der Waals surface area contributed by atoms with E-state index in [4.69, 9.17) is 0 Å². The van der Waals surface area contributed by atoms with Gasteiger partial charge in [0, 0.05) is 6.20 Å². The Bertz CT molecular complexity index is 966. The molecule has 0 unspecified atom stereocenters. The van der Waals surface area contributed by atoms with E-state index in [-0.39, 0.29) is 39.4 Å². The second kappa shape index (κ2) is 6.98. The number of ether oxygens (including phenoxy) is 1. The van der Waals surface area contributed by atoms with Crippen molar-refractivity contribution in [1.29, 1.82) is 0 Å². The highest BCUT2D eigenvalue weighted by molar-refractivity contribution is 7.99. The Morgan fingerprint density at radius 3 is 2.50 bits per heavy atom. The van der Waals surface area contributed by atoms with Crippen LogP contribution in [0.1, 0.15) is 0 Å². The molecule has 138 valence electrons. The third-order valence-corrected chi connectivity index (χ3v) is 3.90. The van der Waals surface area contributed by atoms with E-state index in [2.05, 4.69) is 14.7 Å². The van der Waals surface area contributed by atoms with Crippen molar-refractivity contribution in [3.8, 4) is 11.4 Å². The number of alkyl halides is 5. The van der Waals surface area contributed by atoms with Gasteiger partial charge in [-0.1, -0.05) is 0 Å². The van der Waals surface area contributed by atoms with Gasteiger partial charge in [-0.25, -0.2) is 4.98 Å². The number of nitrogens with zero attached hydrogens (tertiary/aromatic N) is 2. The summed E-state index contributed by atoms with van der Waals surface area (Å²) in [7, 11) is 0. The zero-order valence-electron chi connectivity index (χ0n) is 12.8. The zero-order chi connectivity index (χ0) is 18.9. The van der Waals surface area contributed by atoms with E-state index in [1.165, 1.54) is 36.5 Å². The summed E-state index contributed by atoms with van der Waals surface area (Å²) in [5.74, 6) is -2.88. The lowest BCUT2D eigenvalue weighted by molar-refractivity contribution is -0.153. The first-order valence-electron chi connectivity index (χ1n) is 7.09. The van der Waals surface area contributed by atoms with E-state index in [1.807, 2.05) is 0 Å². The molecule has 3 rings (SSSR count). The van der Waals surface area contributed by atoms with Crippen molar-refractivity contribution in [2.45, 2.75) is 17.1 Å². The number of benzene rings is 1. The average molecular weight is 391 g/mol. The molecule has 0 fully saturated rings. The van der Waals surface area contributed by atoms with Gasteiger partial charge >= 0.3 is 6.18 Å². The molecule has 26 heavy (non-hydrogen) atoms. The van der Waals surface area contributed by atoms with Gasteiger partial charge in [0.15, 0.2) is 11.8 Å². The van der Waals surface area contributed by atoms with Crippen molar-refractivity contribution in [3.05, 3.63) is 46.9 Å². The molecule has 0 amide bonds. The van der Waals surface area contributed by atoms with Gasteiger partial charge < -0.3 is 9.72 Å². The highest BCUT2D eigenvalue weighted by Crippen LogP contribution is 2.27. The Morgan fingerprint density at radius 2 is 1.88 bits per heavy atom. The summed E-state index contributed by atoms with van der Waals surface area (Å²) in [6.07, 6.45) is -3.03. The highest BCUT2D eigenvalue weighted by atomic mass is 32.2. The van der Waals surface area contributed by atoms with Crippen LogP contribution in [0.15, 0.2) is 46.5 Å². The molecule has 1 N–H and O–H groups in total. The number of halogens is 5. The van der Waals surface area contributed by atoms with Crippen LogP contribution < -0.4 is 10.3 Å². The molecule has 2 aromatic heterocycles. The number of nitrogens with one attached hydrogen (secondary N) is 1. The fraction of sp³-hybridized carbons (Fsp3) is 0.200. The predicted octanol–water partition coefficient (Wildman–Crippen LogP) is 3.97. The minimum atomic E-state index is -4.49. The monoisotopic (exact) mass is 391 g/mol. The predicted molar refractivity (Wildman–Crippen MR) is 85.1 cm³/mol. The topological polar surface area (TPSA) is 59.9 Å². The summed E-state index contributed by atoms with van der Waals surface area (Å²) in [6, 6.07) is 6.48. The molecule has 0 bridgehead atoms. The minimum Gasteiger partial charge on any atom is -0.484 e. The number of rotatable bonds is 5. The van der Waals surface area contributed by atoms with Crippen LogP contribution in [0, 0.1) is 0 Å². The molecule has 0 radical (unpaired) electrons. The van der Waals surface area contributed by atoms with E-state index in [1.54, 1.807) is 0 Å². The van der Waals surface area contributed by atoms with Crippen LogP contribution in [0.3, 0.4) is 0 Å². The van der Waals surface area contributed by atoms with Gasteiger partial charge in [0.05, 0.1) is 11.2 Å². The normalized spacial score (nSPS) is 12.1. The first kappa shape index (κ1) is 18.2. The summed E-state index contributed by atoms with van der Waals surface area (Å²) in [5.41, 5.74) is -0.0748. The maximum absolute atomic E-state index is 12.8. The molecule has 5 nitrogen and oxygen atoms in total. The van der Waals surface area contributed by atoms with Gasteiger partial charge in [-0.2, -0.15) is 22.0 Å². The Labute approximate surface area is 146 Å². The maximum Gasteiger partial charge on any atom is 0.422 e. The number of aromatic amines is 1. The lowest BCUT2D eigenvalue weighted by Gasteiger charge is -2.13. The smallest absolute Gasteiger partial charge is 0.422 e. The van der Waals surface area contributed by atoms with Gasteiger partial charge in [-0.05, 0) is 42.1 Å². The van der Waals surface area contributed by atoms with E-state index in [0.29, 0.717) is 0 Å². The average Bonchev–Trinajstić information content (AvgIpc) is 3.01. The second-order valence-electron chi connectivity index (χ2n) is 5.05. The van der Waals surface area contributed by atoms with Crippen molar-refractivity contribution in [2.75, 3.05) is 6.61 Å². The zero-order valence-corrected chi connectivity index (χ0v) is 13.6. The molecule has 1 aromatic carbocycles. The van der Waals surface area contributed by atoms with Crippen LogP contribution in [0.5, 0.6) is 5.75 Å². The van der Waals surface area contributed by atoms with E-state index >= 15 is 0 Å². The van der Waals surface area contributed by atoms with Gasteiger partial charge in [0.1, 0.15) is 11.3 Å². The summed E-state index contributed by atoms with van der Waals surface area (Å²) in [4.78, 5) is 19.3. The Morgan fingerprint density at radius 1 is 1.19 bits per heavy atom. The van der Waals surface area contributed by atoms with Gasteiger partial charge in [-0.3, -0.25) is 9.36 Å². The molecule has 2 heterocycles. The molecule has 3 aromatic rings. The molecule has 11 heteroatoms. The van der Waals surface area contributed by atoms with Gasteiger partial charge in [0.25, 0.3) is 11.3 Å². The number of thioether (sulfide) groups is 1. The van der Waals surface area contributed by atoms with Crippen LogP contribution >= 0.6 is 11.8 Å². The molecule has 0 spiro atoms. The fourth-order valence-electron chi connectivity index (χ4n) is 2.22. The molecule has 0 aliphatic carbocycles. The number of H-pyrrole nitrogens is 1. The van der Waals surface area contributed by atoms with Crippen LogP contribution in [0.2, 0.25) is 0 Å². The Balaban J connectivity index is 2.01. The van der Waals surface area contributed by atoms with Gasteiger partial charge in [-0.15, -0.1) is 0 Å². The minimum absolute atomic E-state index is 0.0731. The number of hydrogen-bond acceptors (Lipinski definition) is 4. The van der Waals surface area contributed by atoms with E-state index in [9.17, 15) is 26.7 Å². The van der Waals surface area contributed by atoms with Crippen molar-refractivity contribution in [3.63, 3.8) is 0 Å². The molecule has 0 aliphatic heterocycles. The number of aromatic nitrogens is 3. The van der Waals surface area contributed by atoms with E-state index in [0.717, 1.165) is 4.57 Å². The largest absolute Gasteiger partial charge is 0.484 e. The van der Waals surface area contributed by atoms with Crippen molar-refractivity contribution in [1.82, 2.24) is 14.5 Å². The van der Waals surface area contributed by atoms with Crippen LogP contribution in [-0.2, 0) is 0 Å². The first-order chi connectivity index (χ1) is 12.2. The lowest BCUT2D eigenvalue weighted by Crippen LogP contribution is -2.22. The third-order valence-electron chi connectivity index (χ3n) is 3.24. The van der Waals surface area contributed by atoms with Crippen LogP contribution in [0.4, 0.5) is 22.0 Å².